The molecule has 16 heavy (non-hydrogen) atoms. The topological polar surface area (TPSA) is 58.5 Å². The molecule has 2 aromatic rings. The van der Waals surface area contributed by atoms with E-state index in [0.717, 1.165) is 11.4 Å². The molecular formula is C11H17N5. The van der Waals surface area contributed by atoms with Gasteiger partial charge in [-0.2, -0.15) is 10.2 Å². The fourth-order valence-electron chi connectivity index (χ4n) is 2.07. The maximum absolute atomic E-state index is 4.41. The Labute approximate surface area is 94.9 Å². The molecule has 0 aromatic carbocycles. The molecule has 0 spiro atoms. The highest BCUT2D eigenvalue weighted by Crippen LogP contribution is 2.23. The van der Waals surface area contributed by atoms with Crippen LogP contribution in [0.5, 0.6) is 0 Å². The van der Waals surface area contributed by atoms with Crippen LogP contribution in [0.2, 0.25) is 0 Å². The molecule has 0 saturated heterocycles. The monoisotopic (exact) mass is 219 g/mol. The van der Waals surface area contributed by atoms with Crippen molar-refractivity contribution in [2.24, 2.45) is 7.05 Å². The summed E-state index contributed by atoms with van der Waals surface area (Å²) in [6.45, 7) is 6.25. The van der Waals surface area contributed by atoms with E-state index in [4.69, 9.17) is 0 Å². The number of nitrogens with zero attached hydrogens (tertiary/aromatic N) is 3. The maximum Gasteiger partial charge on any atom is 0.0728 e. The molecule has 1 atom stereocenters. The summed E-state index contributed by atoms with van der Waals surface area (Å²) in [6.07, 6.45) is 3.62. The Kier molecular flexibility index (Phi) is 2.68. The van der Waals surface area contributed by atoms with Gasteiger partial charge in [0.05, 0.1) is 23.6 Å². The first-order valence-corrected chi connectivity index (χ1v) is 5.35. The molecule has 0 radical (unpaired) electrons. The van der Waals surface area contributed by atoms with E-state index in [0.29, 0.717) is 0 Å². The van der Waals surface area contributed by atoms with Crippen molar-refractivity contribution in [1.29, 1.82) is 0 Å². The normalized spacial score (nSPS) is 12.8. The quantitative estimate of drug-likeness (QED) is 0.829. The number of aryl methyl sites for hydroxylation is 2. The summed E-state index contributed by atoms with van der Waals surface area (Å²) in [4.78, 5) is 0. The number of aromatic nitrogens is 4. The molecule has 2 N–H and O–H groups in total. The molecule has 2 heterocycles. The minimum absolute atomic E-state index is 0.228. The molecule has 0 saturated carbocycles. The van der Waals surface area contributed by atoms with Crippen LogP contribution in [0, 0.1) is 13.8 Å². The van der Waals surface area contributed by atoms with Gasteiger partial charge in [0.1, 0.15) is 0 Å². The van der Waals surface area contributed by atoms with E-state index >= 15 is 0 Å². The van der Waals surface area contributed by atoms with Gasteiger partial charge in [0.15, 0.2) is 0 Å². The molecule has 0 aliphatic rings. The second kappa shape index (κ2) is 4.00. The summed E-state index contributed by atoms with van der Waals surface area (Å²) in [6, 6.07) is 0.228. The van der Waals surface area contributed by atoms with Crippen molar-refractivity contribution in [3.63, 3.8) is 0 Å². The second-order valence-corrected chi connectivity index (χ2v) is 4.06. The summed E-state index contributed by atoms with van der Waals surface area (Å²) in [5.41, 5.74) is 4.52. The van der Waals surface area contributed by atoms with Crippen LogP contribution in [0.15, 0.2) is 12.4 Å². The summed E-state index contributed by atoms with van der Waals surface area (Å²) < 4.78 is 1.91. The molecule has 2 aromatic heterocycles. The van der Waals surface area contributed by atoms with Crippen molar-refractivity contribution < 1.29 is 0 Å². The Bertz CT molecular complexity index is 469. The Balaban J connectivity index is 2.24. The predicted molar refractivity (Wildman–Crippen MR) is 63.3 cm³/mol. The second-order valence-electron chi connectivity index (χ2n) is 4.06. The van der Waals surface area contributed by atoms with Crippen molar-refractivity contribution in [1.82, 2.24) is 20.0 Å². The third kappa shape index (κ3) is 1.80. The van der Waals surface area contributed by atoms with Crippen molar-refractivity contribution >= 4 is 5.69 Å². The highest BCUT2D eigenvalue weighted by Gasteiger charge is 2.16. The van der Waals surface area contributed by atoms with Crippen LogP contribution in [0.4, 0.5) is 5.69 Å². The number of H-pyrrole nitrogens is 1. The first kappa shape index (κ1) is 10.7. The molecule has 5 nitrogen and oxygen atoms in total. The van der Waals surface area contributed by atoms with Crippen LogP contribution in [-0.2, 0) is 7.05 Å². The third-order valence-corrected chi connectivity index (χ3v) is 2.88. The van der Waals surface area contributed by atoms with Crippen LogP contribution in [0.1, 0.15) is 29.9 Å². The maximum atomic E-state index is 4.41. The van der Waals surface area contributed by atoms with Gasteiger partial charge < -0.3 is 5.32 Å². The molecule has 2 rings (SSSR count). The third-order valence-electron chi connectivity index (χ3n) is 2.88. The van der Waals surface area contributed by atoms with Crippen LogP contribution in [-0.4, -0.2) is 20.0 Å². The van der Waals surface area contributed by atoms with Gasteiger partial charge in [0, 0.05) is 24.5 Å². The van der Waals surface area contributed by atoms with Gasteiger partial charge in [-0.25, -0.2) is 0 Å². The lowest BCUT2D eigenvalue weighted by atomic mass is 10.1. The van der Waals surface area contributed by atoms with Gasteiger partial charge >= 0.3 is 0 Å². The van der Waals surface area contributed by atoms with Crippen LogP contribution >= 0.6 is 0 Å². The van der Waals surface area contributed by atoms with Gasteiger partial charge in [-0.15, -0.1) is 0 Å². The molecule has 0 aliphatic heterocycles. The van der Waals surface area contributed by atoms with E-state index in [9.17, 15) is 0 Å². The molecule has 0 amide bonds. The summed E-state index contributed by atoms with van der Waals surface area (Å²) in [5, 5.41) is 14.5. The zero-order valence-electron chi connectivity index (χ0n) is 10.1. The molecule has 5 heteroatoms. The van der Waals surface area contributed by atoms with Gasteiger partial charge in [0.2, 0.25) is 0 Å². The molecule has 1 unspecified atom stereocenters. The Morgan fingerprint density at radius 3 is 2.69 bits per heavy atom. The van der Waals surface area contributed by atoms with E-state index in [-0.39, 0.29) is 6.04 Å². The molecule has 86 valence electrons. The Hall–Kier alpha value is -1.78. The lowest BCUT2D eigenvalue weighted by Crippen LogP contribution is -2.08. The standard InChI is InChI=1S/C11H17N5/c1-7(14-10-5-12-13-6-10)11-8(2)15-16(4)9(11)3/h5-7,14H,1-4H3,(H,12,13). The highest BCUT2D eigenvalue weighted by molar-refractivity contribution is 5.42. The number of nitrogens with one attached hydrogen (secondary N) is 2. The fraction of sp³-hybridized carbons (Fsp3) is 0.455. The van der Waals surface area contributed by atoms with Gasteiger partial charge in [-0.05, 0) is 20.8 Å². The largest absolute Gasteiger partial charge is 0.376 e. The van der Waals surface area contributed by atoms with E-state index in [1.165, 1.54) is 11.3 Å². The molecule has 0 bridgehead atoms. The average molecular weight is 219 g/mol. The highest BCUT2D eigenvalue weighted by atomic mass is 15.3. The number of anilines is 1. The zero-order valence-corrected chi connectivity index (χ0v) is 10.1. The summed E-state index contributed by atoms with van der Waals surface area (Å²) >= 11 is 0. The minimum atomic E-state index is 0.228. The van der Waals surface area contributed by atoms with E-state index in [1.807, 2.05) is 24.9 Å². The van der Waals surface area contributed by atoms with Crippen LogP contribution in [0.25, 0.3) is 0 Å². The number of hydrogen-bond acceptors (Lipinski definition) is 3. The Morgan fingerprint density at radius 2 is 2.19 bits per heavy atom. The fourth-order valence-corrected chi connectivity index (χ4v) is 2.07. The molecular weight excluding hydrogens is 202 g/mol. The van der Waals surface area contributed by atoms with Crippen molar-refractivity contribution in [2.75, 3.05) is 5.32 Å². The number of aromatic amines is 1. The summed E-state index contributed by atoms with van der Waals surface area (Å²) in [5.74, 6) is 0. The van der Waals surface area contributed by atoms with Crippen LogP contribution in [0.3, 0.4) is 0 Å². The number of rotatable bonds is 3. The van der Waals surface area contributed by atoms with Crippen molar-refractivity contribution in [2.45, 2.75) is 26.8 Å². The average Bonchev–Trinajstić information content (AvgIpc) is 2.77. The first-order valence-electron chi connectivity index (χ1n) is 5.35. The first-order chi connectivity index (χ1) is 7.59. The lowest BCUT2D eigenvalue weighted by Gasteiger charge is -2.14. The van der Waals surface area contributed by atoms with E-state index in [2.05, 4.69) is 34.5 Å². The smallest absolute Gasteiger partial charge is 0.0728 e. The van der Waals surface area contributed by atoms with Crippen LogP contribution < -0.4 is 5.32 Å². The lowest BCUT2D eigenvalue weighted by molar-refractivity contribution is 0.728. The Morgan fingerprint density at radius 1 is 1.44 bits per heavy atom. The predicted octanol–water partition coefficient (Wildman–Crippen LogP) is 1.93. The molecule has 0 fully saturated rings. The minimum Gasteiger partial charge on any atom is -0.376 e. The number of hydrogen-bond donors (Lipinski definition) is 2. The van der Waals surface area contributed by atoms with Gasteiger partial charge in [0.25, 0.3) is 0 Å². The van der Waals surface area contributed by atoms with Gasteiger partial charge in [-0.1, -0.05) is 0 Å². The SMILES string of the molecule is Cc1nn(C)c(C)c1C(C)Nc1cn[nH]c1. The van der Waals surface area contributed by atoms with E-state index < -0.39 is 0 Å². The van der Waals surface area contributed by atoms with Crippen molar-refractivity contribution in [3.8, 4) is 0 Å². The van der Waals surface area contributed by atoms with Gasteiger partial charge in [-0.3, -0.25) is 9.78 Å². The zero-order chi connectivity index (χ0) is 11.7. The van der Waals surface area contributed by atoms with Crippen molar-refractivity contribution in [3.05, 3.63) is 29.3 Å². The summed E-state index contributed by atoms with van der Waals surface area (Å²) in [7, 11) is 1.97. The van der Waals surface area contributed by atoms with E-state index in [1.54, 1.807) is 6.20 Å². The molecule has 0 aliphatic carbocycles.